The molecule has 0 radical (unpaired) electrons. The van der Waals surface area contributed by atoms with Gasteiger partial charge in [-0.05, 0) is 18.1 Å². The summed E-state index contributed by atoms with van der Waals surface area (Å²) in [5, 5.41) is 2.17. The van der Waals surface area contributed by atoms with Crippen LogP contribution in [0.2, 0.25) is 0 Å². The maximum absolute atomic E-state index is 6.23. The zero-order chi connectivity index (χ0) is 12.4. The van der Waals surface area contributed by atoms with Crippen molar-refractivity contribution in [2.75, 3.05) is 24.2 Å². The predicted molar refractivity (Wildman–Crippen MR) is 74.3 cm³/mol. The minimum Gasteiger partial charge on any atom is -0.397 e. The fourth-order valence-electron chi connectivity index (χ4n) is 2.16. The van der Waals surface area contributed by atoms with E-state index >= 15 is 0 Å². The third-order valence-corrected chi connectivity index (χ3v) is 2.89. The van der Waals surface area contributed by atoms with E-state index in [9.17, 15) is 0 Å². The molecule has 0 spiro atoms. The maximum atomic E-state index is 6.23. The number of hydrogen-bond acceptors (Lipinski definition) is 3. The van der Waals surface area contributed by atoms with E-state index in [0.29, 0.717) is 5.92 Å². The lowest BCUT2D eigenvalue weighted by Gasteiger charge is -2.23. The molecule has 0 atom stereocenters. The van der Waals surface area contributed by atoms with Gasteiger partial charge in [-0.3, -0.25) is 4.98 Å². The molecule has 0 saturated carbocycles. The fraction of sp³-hybridized carbons (Fsp3) is 0.357. The molecule has 3 heteroatoms. The van der Waals surface area contributed by atoms with Gasteiger partial charge in [0.1, 0.15) is 0 Å². The topological polar surface area (TPSA) is 42.2 Å². The normalized spacial score (nSPS) is 11.1. The molecule has 0 amide bonds. The van der Waals surface area contributed by atoms with Gasteiger partial charge in [0.25, 0.3) is 0 Å². The van der Waals surface area contributed by atoms with Crippen molar-refractivity contribution in [3.8, 4) is 0 Å². The molecule has 2 rings (SSSR count). The number of rotatable bonds is 3. The molecule has 0 bridgehead atoms. The summed E-state index contributed by atoms with van der Waals surface area (Å²) >= 11 is 0. The van der Waals surface area contributed by atoms with E-state index in [1.54, 1.807) is 6.20 Å². The van der Waals surface area contributed by atoms with Crippen LogP contribution in [-0.2, 0) is 0 Å². The van der Waals surface area contributed by atoms with Crippen molar-refractivity contribution in [3.63, 3.8) is 0 Å². The largest absolute Gasteiger partial charge is 0.397 e. The van der Waals surface area contributed by atoms with Gasteiger partial charge in [-0.2, -0.15) is 0 Å². The molecule has 1 aromatic heterocycles. The van der Waals surface area contributed by atoms with Crippen molar-refractivity contribution in [1.82, 2.24) is 4.98 Å². The van der Waals surface area contributed by atoms with Crippen molar-refractivity contribution in [1.29, 1.82) is 0 Å². The lowest BCUT2D eigenvalue weighted by atomic mass is 10.1. The Labute approximate surface area is 102 Å². The van der Waals surface area contributed by atoms with Gasteiger partial charge in [0.05, 0.1) is 11.4 Å². The van der Waals surface area contributed by atoms with Gasteiger partial charge >= 0.3 is 0 Å². The smallest absolute Gasteiger partial charge is 0.0632 e. The van der Waals surface area contributed by atoms with Crippen molar-refractivity contribution in [2.24, 2.45) is 5.92 Å². The van der Waals surface area contributed by atoms with Crippen LogP contribution in [0.3, 0.4) is 0 Å². The molecule has 2 N–H and O–H groups in total. The first-order chi connectivity index (χ1) is 8.09. The number of pyridine rings is 1. The quantitative estimate of drug-likeness (QED) is 0.823. The molecule has 0 unspecified atom stereocenters. The summed E-state index contributed by atoms with van der Waals surface area (Å²) in [5.41, 5.74) is 8.16. The first-order valence-electron chi connectivity index (χ1n) is 5.93. The lowest BCUT2D eigenvalue weighted by molar-refractivity contribution is 0.639. The maximum Gasteiger partial charge on any atom is 0.0632 e. The number of nitrogens with two attached hydrogens (primary N) is 1. The van der Waals surface area contributed by atoms with Gasteiger partial charge in [0, 0.05) is 36.8 Å². The van der Waals surface area contributed by atoms with Crippen molar-refractivity contribution >= 4 is 22.1 Å². The summed E-state index contributed by atoms with van der Waals surface area (Å²) in [5.74, 6) is 0.618. The number of hydrogen-bond donors (Lipinski definition) is 1. The van der Waals surface area contributed by atoms with Gasteiger partial charge < -0.3 is 10.6 Å². The van der Waals surface area contributed by atoms with Crippen LogP contribution in [0.15, 0.2) is 30.6 Å². The van der Waals surface area contributed by atoms with Crippen molar-refractivity contribution < 1.29 is 0 Å². The van der Waals surface area contributed by atoms with Gasteiger partial charge in [-0.1, -0.05) is 19.9 Å². The third kappa shape index (κ3) is 2.33. The van der Waals surface area contributed by atoms with Crippen LogP contribution in [0.5, 0.6) is 0 Å². The monoisotopic (exact) mass is 229 g/mol. The Kier molecular flexibility index (Phi) is 3.18. The summed E-state index contributed by atoms with van der Waals surface area (Å²) in [4.78, 5) is 6.32. The van der Waals surface area contributed by atoms with Gasteiger partial charge in [0.2, 0.25) is 0 Å². The van der Waals surface area contributed by atoms with Crippen LogP contribution in [-0.4, -0.2) is 18.6 Å². The Hall–Kier alpha value is -1.77. The zero-order valence-corrected chi connectivity index (χ0v) is 10.6. The number of nitrogens with zero attached hydrogens (tertiary/aromatic N) is 2. The molecule has 0 aliphatic rings. The number of benzene rings is 1. The molecule has 3 nitrogen and oxygen atoms in total. The van der Waals surface area contributed by atoms with Crippen molar-refractivity contribution in [2.45, 2.75) is 13.8 Å². The number of aromatic nitrogens is 1. The third-order valence-electron chi connectivity index (χ3n) is 2.89. The minimum absolute atomic E-state index is 0.618. The Bertz CT molecular complexity index is 520. The van der Waals surface area contributed by atoms with Crippen LogP contribution >= 0.6 is 0 Å². The first-order valence-corrected chi connectivity index (χ1v) is 5.93. The molecule has 0 saturated heterocycles. The second-order valence-corrected chi connectivity index (χ2v) is 4.87. The van der Waals surface area contributed by atoms with E-state index in [4.69, 9.17) is 5.73 Å². The highest BCUT2D eigenvalue weighted by atomic mass is 15.1. The van der Waals surface area contributed by atoms with Crippen molar-refractivity contribution in [3.05, 3.63) is 30.6 Å². The van der Waals surface area contributed by atoms with E-state index in [2.05, 4.69) is 42.9 Å². The van der Waals surface area contributed by atoms with E-state index in [1.165, 1.54) is 0 Å². The average Bonchev–Trinajstić information content (AvgIpc) is 2.28. The SMILES string of the molecule is CC(C)CN(C)c1ccc2cnccc2c1N. The Balaban J connectivity index is 2.45. The second kappa shape index (κ2) is 4.62. The predicted octanol–water partition coefficient (Wildman–Crippen LogP) is 2.91. The molecular weight excluding hydrogens is 210 g/mol. The van der Waals surface area contributed by atoms with Crippen LogP contribution in [0.25, 0.3) is 10.8 Å². The average molecular weight is 229 g/mol. The summed E-state index contributed by atoms with van der Waals surface area (Å²) in [6, 6.07) is 6.12. The molecule has 0 fully saturated rings. The van der Waals surface area contributed by atoms with Crippen LogP contribution < -0.4 is 10.6 Å². The highest BCUT2D eigenvalue weighted by molar-refractivity contribution is 5.98. The second-order valence-electron chi connectivity index (χ2n) is 4.87. The Morgan fingerprint density at radius 1 is 1.29 bits per heavy atom. The minimum atomic E-state index is 0.618. The van der Waals surface area contributed by atoms with Gasteiger partial charge in [0.15, 0.2) is 0 Å². The molecular formula is C14H19N3. The van der Waals surface area contributed by atoms with Crippen LogP contribution in [0.1, 0.15) is 13.8 Å². The van der Waals surface area contributed by atoms with Crippen LogP contribution in [0, 0.1) is 5.92 Å². The summed E-state index contributed by atoms with van der Waals surface area (Å²) in [7, 11) is 2.08. The standard InChI is InChI=1S/C14H19N3/c1-10(2)9-17(3)13-5-4-11-8-16-7-6-12(11)14(13)15/h4-8,10H,9,15H2,1-3H3. The fourth-order valence-corrected chi connectivity index (χ4v) is 2.16. The molecule has 1 aromatic carbocycles. The summed E-state index contributed by atoms with van der Waals surface area (Å²) in [6.45, 7) is 5.41. The summed E-state index contributed by atoms with van der Waals surface area (Å²) < 4.78 is 0. The molecule has 0 aliphatic heterocycles. The zero-order valence-electron chi connectivity index (χ0n) is 10.6. The Morgan fingerprint density at radius 3 is 2.76 bits per heavy atom. The van der Waals surface area contributed by atoms with E-state index < -0.39 is 0 Å². The summed E-state index contributed by atoms with van der Waals surface area (Å²) in [6.07, 6.45) is 3.63. The lowest BCUT2D eigenvalue weighted by Crippen LogP contribution is -2.23. The molecule has 17 heavy (non-hydrogen) atoms. The highest BCUT2D eigenvalue weighted by Gasteiger charge is 2.09. The molecule has 2 aromatic rings. The number of fused-ring (bicyclic) bond motifs is 1. The number of anilines is 2. The van der Waals surface area contributed by atoms with E-state index in [1.807, 2.05) is 12.3 Å². The van der Waals surface area contributed by atoms with E-state index in [0.717, 1.165) is 28.7 Å². The first kappa shape index (κ1) is 11.7. The molecule has 0 aliphatic carbocycles. The van der Waals surface area contributed by atoms with Gasteiger partial charge in [-0.15, -0.1) is 0 Å². The number of nitrogen functional groups attached to an aromatic ring is 1. The van der Waals surface area contributed by atoms with Gasteiger partial charge in [-0.25, -0.2) is 0 Å². The molecule has 90 valence electrons. The van der Waals surface area contributed by atoms with E-state index in [-0.39, 0.29) is 0 Å². The Morgan fingerprint density at radius 2 is 2.06 bits per heavy atom. The highest BCUT2D eigenvalue weighted by Crippen LogP contribution is 2.30. The molecule has 1 heterocycles. The van der Waals surface area contributed by atoms with Crippen LogP contribution in [0.4, 0.5) is 11.4 Å².